The number of carbonyl (C=O) groups excluding carboxylic acids is 1. The van der Waals surface area contributed by atoms with Crippen molar-refractivity contribution in [2.75, 3.05) is 0 Å². The van der Waals surface area contributed by atoms with Gasteiger partial charge in [-0.2, -0.15) is 26.3 Å². The molecule has 0 unspecified atom stereocenters. The highest BCUT2D eigenvalue weighted by atomic mass is 35.5. The van der Waals surface area contributed by atoms with Crippen molar-refractivity contribution in [3.8, 4) is 5.75 Å². The van der Waals surface area contributed by atoms with Gasteiger partial charge in [0.05, 0.1) is 21.1 Å². The second-order valence-corrected chi connectivity index (χ2v) is 8.02. The summed E-state index contributed by atoms with van der Waals surface area (Å²) in [5.74, 6) is 0.107. The Bertz CT molecular complexity index is 1080. The quantitative estimate of drug-likeness (QED) is 0.278. The summed E-state index contributed by atoms with van der Waals surface area (Å²) in [5, 5.41) is 2.29. The molecule has 0 atom stereocenters. The Morgan fingerprint density at radius 2 is 1.77 bits per heavy atom. The molecule has 0 saturated carbocycles. The van der Waals surface area contributed by atoms with E-state index >= 15 is 0 Å². The lowest BCUT2D eigenvalue weighted by molar-refractivity contribution is -0.143. The van der Waals surface area contributed by atoms with Crippen LogP contribution in [0.25, 0.3) is 6.08 Å². The second-order valence-electron chi connectivity index (χ2n) is 6.19. The van der Waals surface area contributed by atoms with E-state index in [1.54, 1.807) is 6.08 Å². The fraction of sp³-hybridized carbons (Fsp3) is 0.158. The number of amides is 1. The standard InChI is InChI=1S/C19H10ClF6NO2S2/c20-14-7-12(4-2-9(14)5-15-16(30)27-17(28)31-15)29-8-10-1-3-11(18(21,22)23)6-13(10)19(24,25)26/h1-7H,8H2,(H,27,28,30)/b15-5-. The maximum absolute atomic E-state index is 13.2. The number of nitrogens with one attached hydrogen (secondary N) is 1. The van der Waals surface area contributed by atoms with Crippen LogP contribution in [0.4, 0.5) is 31.1 Å². The molecular formula is C19H10ClF6NO2S2. The number of thioether (sulfide) groups is 1. The number of alkyl halides is 6. The zero-order valence-corrected chi connectivity index (χ0v) is 17.4. The average Bonchev–Trinajstić information content (AvgIpc) is 2.97. The Kier molecular flexibility index (Phi) is 6.59. The monoisotopic (exact) mass is 497 g/mol. The van der Waals surface area contributed by atoms with Gasteiger partial charge in [0.1, 0.15) is 17.3 Å². The van der Waals surface area contributed by atoms with Gasteiger partial charge in [-0.3, -0.25) is 4.79 Å². The molecule has 2 aromatic rings. The molecule has 1 saturated heterocycles. The summed E-state index contributed by atoms with van der Waals surface area (Å²) in [6.45, 7) is -0.623. The van der Waals surface area contributed by atoms with Gasteiger partial charge in [0.2, 0.25) is 0 Å². The van der Waals surface area contributed by atoms with Gasteiger partial charge in [0.15, 0.2) is 0 Å². The lowest BCUT2D eigenvalue weighted by atomic mass is 10.0. The first-order valence-electron chi connectivity index (χ1n) is 8.29. The first kappa shape index (κ1) is 23.4. The molecule has 0 spiro atoms. The molecular weight excluding hydrogens is 488 g/mol. The van der Waals surface area contributed by atoms with Gasteiger partial charge < -0.3 is 10.1 Å². The Morgan fingerprint density at radius 3 is 2.32 bits per heavy atom. The van der Waals surface area contributed by atoms with Gasteiger partial charge in [-0.15, -0.1) is 0 Å². The highest BCUT2D eigenvalue weighted by molar-refractivity contribution is 8.19. The van der Waals surface area contributed by atoms with Gasteiger partial charge >= 0.3 is 12.4 Å². The molecule has 0 bridgehead atoms. The van der Waals surface area contributed by atoms with Gasteiger partial charge in [-0.1, -0.05) is 29.9 Å². The van der Waals surface area contributed by atoms with Gasteiger partial charge in [-0.25, -0.2) is 0 Å². The summed E-state index contributed by atoms with van der Waals surface area (Å²) in [5.41, 5.74) is -2.81. The van der Waals surface area contributed by atoms with Crippen LogP contribution in [0.1, 0.15) is 22.3 Å². The minimum Gasteiger partial charge on any atom is -0.489 e. The molecule has 0 radical (unpaired) electrons. The Labute approximate surface area is 186 Å². The first-order valence-corrected chi connectivity index (χ1v) is 9.89. The van der Waals surface area contributed by atoms with Crippen LogP contribution >= 0.6 is 35.6 Å². The second kappa shape index (κ2) is 8.71. The highest BCUT2D eigenvalue weighted by Crippen LogP contribution is 2.38. The maximum atomic E-state index is 13.2. The van der Waals surface area contributed by atoms with Crippen LogP contribution < -0.4 is 10.1 Å². The molecule has 1 aliphatic heterocycles. The van der Waals surface area contributed by atoms with Crippen molar-refractivity contribution in [1.82, 2.24) is 5.32 Å². The molecule has 0 aromatic heterocycles. The maximum Gasteiger partial charge on any atom is 0.416 e. The minimum absolute atomic E-state index is 0.0540. The third kappa shape index (κ3) is 5.72. The molecule has 1 heterocycles. The molecule has 12 heteroatoms. The molecule has 2 aromatic carbocycles. The summed E-state index contributed by atoms with van der Waals surface area (Å²) < 4.78 is 83.3. The SMILES string of the molecule is O=C1NC(=S)/C(=C/c2ccc(OCc3ccc(C(F)(F)F)cc3C(F)(F)F)cc2Cl)S1. The number of halogens is 7. The van der Waals surface area contributed by atoms with E-state index in [0.717, 1.165) is 17.8 Å². The van der Waals surface area contributed by atoms with Crippen molar-refractivity contribution in [3.05, 3.63) is 68.6 Å². The molecule has 1 N–H and O–H groups in total. The van der Waals surface area contributed by atoms with E-state index < -0.39 is 35.6 Å². The van der Waals surface area contributed by atoms with E-state index in [4.69, 9.17) is 28.6 Å². The molecule has 164 valence electrons. The Morgan fingerprint density at radius 1 is 1.06 bits per heavy atom. The zero-order valence-electron chi connectivity index (χ0n) is 15.0. The predicted octanol–water partition coefficient (Wildman–Crippen LogP) is 7.08. The third-order valence-electron chi connectivity index (χ3n) is 4.04. The van der Waals surface area contributed by atoms with Crippen LogP contribution in [0.5, 0.6) is 5.75 Å². The van der Waals surface area contributed by atoms with Crippen molar-refractivity contribution < 1.29 is 35.9 Å². The number of hydrogen-bond acceptors (Lipinski definition) is 4. The van der Waals surface area contributed by atoms with Crippen LogP contribution in [0.15, 0.2) is 41.3 Å². The molecule has 0 aliphatic carbocycles. The van der Waals surface area contributed by atoms with Crippen molar-refractivity contribution in [2.45, 2.75) is 19.0 Å². The number of hydrogen-bond donors (Lipinski definition) is 1. The van der Waals surface area contributed by atoms with E-state index in [1.165, 1.54) is 18.2 Å². The number of ether oxygens (including phenoxy) is 1. The summed E-state index contributed by atoms with van der Waals surface area (Å²) in [4.78, 5) is 12.0. The van der Waals surface area contributed by atoms with E-state index in [9.17, 15) is 31.1 Å². The number of benzene rings is 2. The fourth-order valence-corrected chi connectivity index (χ4v) is 3.83. The van der Waals surface area contributed by atoms with Gasteiger partial charge in [0, 0.05) is 5.56 Å². The summed E-state index contributed by atoms with van der Waals surface area (Å²) in [7, 11) is 0. The largest absolute Gasteiger partial charge is 0.489 e. The molecule has 3 rings (SSSR count). The number of carbonyl (C=O) groups is 1. The van der Waals surface area contributed by atoms with Crippen LogP contribution in [0.2, 0.25) is 5.02 Å². The van der Waals surface area contributed by atoms with E-state index in [0.29, 0.717) is 16.5 Å². The van der Waals surface area contributed by atoms with Crippen molar-refractivity contribution in [2.24, 2.45) is 0 Å². The Hall–Kier alpha value is -2.24. The molecule has 1 amide bonds. The van der Waals surface area contributed by atoms with Crippen LogP contribution in [0, 0.1) is 0 Å². The van der Waals surface area contributed by atoms with Gasteiger partial charge in [-0.05, 0) is 53.7 Å². The van der Waals surface area contributed by atoms with Gasteiger partial charge in [0.25, 0.3) is 5.24 Å². The fourth-order valence-electron chi connectivity index (χ4n) is 2.58. The topological polar surface area (TPSA) is 38.3 Å². The minimum atomic E-state index is -4.99. The lowest BCUT2D eigenvalue weighted by Crippen LogP contribution is -2.15. The van der Waals surface area contributed by atoms with E-state index in [2.05, 4.69) is 5.32 Å². The Balaban J connectivity index is 1.80. The van der Waals surface area contributed by atoms with Crippen molar-refractivity contribution in [1.29, 1.82) is 0 Å². The summed E-state index contributed by atoms with van der Waals surface area (Å²) in [6.07, 6.45) is -8.33. The lowest BCUT2D eigenvalue weighted by Gasteiger charge is -2.16. The number of thiocarbonyl (C=S) groups is 1. The zero-order chi connectivity index (χ0) is 23.0. The normalized spacial score (nSPS) is 16.0. The van der Waals surface area contributed by atoms with Crippen LogP contribution in [-0.2, 0) is 19.0 Å². The summed E-state index contributed by atoms with van der Waals surface area (Å²) >= 11 is 12.1. The molecule has 1 fully saturated rings. The van der Waals surface area contributed by atoms with Crippen molar-refractivity contribution in [3.63, 3.8) is 0 Å². The molecule has 3 nitrogen and oxygen atoms in total. The van der Waals surface area contributed by atoms with Crippen molar-refractivity contribution >= 4 is 51.9 Å². The highest BCUT2D eigenvalue weighted by Gasteiger charge is 2.38. The smallest absolute Gasteiger partial charge is 0.416 e. The molecule has 1 aliphatic rings. The van der Waals surface area contributed by atoms with E-state index in [-0.39, 0.29) is 27.1 Å². The predicted molar refractivity (Wildman–Crippen MR) is 109 cm³/mol. The summed E-state index contributed by atoms with van der Waals surface area (Å²) in [6, 6.07) is 5.62. The van der Waals surface area contributed by atoms with Crippen LogP contribution in [-0.4, -0.2) is 10.2 Å². The van der Waals surface area contributed by atoms with E-state index in [1.807, 2.05) is 0 Å². The van der Waals surface area contributed by atoms with Crippen LogP contribution in [0.3, 0.4) is 0 Å². The first-order chi connectivity index (χ1) is 14.3. The average molecular weight is 498 g/mol. The number of rotatable bonds is 4. The molecule has 31 heavy (non-hydrogen) atoms. The third-order valence-corrected chi connectivity index (χ3v) is 5.65.